The Morgan fingerprint density at radius 2 is 1.96 bits per heavy atom. The first-order valence-corrected chi connectivity index (χ1v) is 8.91. The number of nitrogens with one attached hydrogen (secondary N) is 1. The van der Waals surface area contributed by atoms with Gasteiger partial charge in [-0.15, -0.1) is 0 Å². The van der Waals surface area contributed by atoms with Crippen LogP contribution in [0.1, 0.15) is 18.1 Å². The fraction of sp³-hybridized carbons (Fsp3) is 0.222. The Labute approximate surface area is 150 Å². The second-order valence-electron chi connectivity index (χ2n) is 5.33. The summed E-state index contributed by atoms with van der Waals surface area (Å²) in [5.74, 6) is 0.978. The van der Waals surface area contributed by atoms with Crippen LogP contribution >= 0.6 is 11.8 Å². The van der Waals surface area contributed by atoms with E-state index in [0.29, 0.717) is 17.0 Å². The first kappa shape index (κ1) is 18.7. The Balaban J connectivity index is 1.77. The minimum atomic E-state index is -0.460. The summed E-state index contributed by atoms with van der Waals surface area (Å²) < 4.78 is 0. The van der Waals surface area contributed by atoms with E-state index in [1.165, 1.54) is 29.5 Å². The standard InChI is InChI=1S/C18H19N3O3S/c1-14(16-8-5-9-17(12-16)21(23)24)19-20-18(22)13-25-11-10-15-6-3-2-4-7-15/h2-9,12H,10-11,13H2,1H3,(H,20,22)/b19-14-. The van der Waals surface area contributed by atoms with Crippen LogP contribution in [-0.2, 0) is 11.2 Å². The first-order valence-electron chi connectivity index (χ1n) is 7.76. The maximum atomic E-state index is 11.8. The number of nitrogens with zero attached hydrogens (tertiary/aromatic N) is 2. The minimum Gasteiger partial charge on any atom is -0.272 e. The van der Waals surface area contributed by atoms with Crippen molar-refractivity contribution >= 4 is 29.1 Å². The van der Waals surface area contributed by atoms with E-state index in [1.807, 2.05) is 18.2 Å². The van der Waals surface area contributed by atoms with E-state index in [9.17, 15) is 14.9 Å². The van der Waals surface area contributed by atoms with Gasteiger partial charge in [0.1, 0.15) is 0 Å². The average Bonchev–Trinajstić information content (AvgIpc) is 2.64. The Kier molecular flexibility index (Phi) is 7.16. The number of carbonyl (C=O) groups is 1. The minimum absolute atomic E-state index is 0.00477. The van der Waals surface area contributed by atoms with Crippen LogP contribution in [0.4, 0.5) is 5.69 Å². The monoisotopic (exact) mass is 357 g/mol. The van der Waals surface area contributed by atoms with Gasteiger partial charge in [-0.3, -0.25) is 14.9 Å². The van der Waals surface area contributed by atoms with Gasteiger partial charge >= 0.3 is 0 Å². The molecular weight excluding hydrogens is 338 g/mol. The number of hydrogen-bond acceptors (Lipinski definition) is 5. The lowest BCUT2D eigenvalue weighted by atomic mass is 10.1. The zero-order valence-corrected chi connectivity index (χ0v) is 14.7. The van der Waals surface area contributed by atoms with Gasteiger partial charge in [-0.05, 0) is 24.7 Å². The van der Waals surface area contributed by atoms with Crippen molar-refractivity contribution in [1.82, 2.24) is 5.43 Å². The molecule has 0 unspecified atom stereocenters. The molecule has 0 atom stereocenters. The van der Waals surface area contributed by atoms with Crippen molar-refractivity contribution in [2.75, 3.05) is 11.5 Å². The van der Waals surface area contributed by atoms with Gasteiger partial charge in [0, 0.05) is 17.7 Å². The van der Waals surface area contributed by atoms with Gasteiger partial charge in [-0.1, -0.05) is 42.5 Å². The first-order chi connectivity index (χ1) is 12.1. The predicted octanol–water partition coefficient (Wildman–Crippen LogP) is 3.41. The zero-order valence-electron chi connectivity index (χ0n) is 13.8. The normalized spacial score (nSPS) is 11.2. The SMILES string of the molecule is C/C(=N/NC(=O)CSCCc1ccccc1)c1cccc([N+](=O)[O-])c1. The van der Waals surface area contributed by atoms with Crippen LogP contribution in [0.5, 0.6) is 0 Å². The van der Waals surface area contributed by atoms with Gasteiger partial charge in [-0.2, -0.15) is 16.9 Å². The fourth-order valence-electron chi connectivity index (χ4n) is 2.09. The summed E-state index contributed by atoms with van der Waals surface area (Å²) in [4.78, 5) is 22.1. The lowest BCUT2D eigenvalue weighted by molar-refractivity contribution is -0.384. The molecule has 25 heavy (non-hydrogen) atoms. The number of thioether (sulfide) groups is 1. The number of aryl methyl sites for hydroxylation is 1. The molecule has 6 nitrogen and oxygen atoms in total. The summed E-state index contributed by atoms with van der Waals surface area (Å²) in [5.41, 5.74) is 4.85. The van der Waals surface area contributed by atoms with Crippen LogP contribution in [0.15, 0.2) is 59.7 Å². The van der Waals surface area contributed by atoms with Crippen LogP contribution in [0.3, 0.4) is 0 Å². The predicted molar refractivity (Wildman–Crippen MR) is 101 cm³/mol. The number of nitro benzene ring substituents is 1. The number of benzene rings is 2. The van der Waals surface area contributed by atoms with Crippen molar-refractivity contribution in [3.63, 3.8) is 0 Å². The summed E-state index contributed by atoms with van der Waals surface area (Å²) in [6.07, 6.45) is 0.911. The van der Waals surface area contributed by atoms with Crippen LogP contribution in [0.25, 0.3) is 0 Å². The Morgan fingerprint density at radius 1 is 1.20 bits per heavy atom. The molecule has 2 aromatic rings. The second kappa shape index (κ2) is 9.58. The number of amides is 1. The molecule has 0 aliphatic heterocycles. The van der Waals surface area contributed by atoms with E-state index in [0.717, 1.165) is 12.2 Å². The third-order valence-corrected chi connectivity index (χ3v) is 4.39. The molecule has 0 aromatic heterocycles. The van der Waals surface area contributed by atoms with Gasteiger partial charge in [0.2, 0.25) is 5.91 Å². The van der Waals surface area contributed by atoms with Gasteiger partial charge in [0.05, 0.1) is 16.4 Å². The van der Waals surface area contributed by atoms with Crippen LogP contribution < -0.4 is 5.43 Å². The molecule has 1 N–H and O–H groups in total. The molecule has 7 heteroatoms. The topological polar surface area (TPSA) is 84.6 Å². The molecule has 0 saturated heterocycles. The number of nitro groups is 1. The molecule has 0 bridgehead atoms. The van der Waals surface area contributed by atoms with E-state index < -0.39 is 4.92 Å². The fourth-order valence-corrected chi connectivity index (χ4v) is 2.86. The molecule has 0 saturated carbocycles. The summed E-state index contributed by atoms with van der Waals surface area (Å²) in [6.45, 7) is 1.70. The largest absolute Gasteiger partial charge is 0.272 e. The smallest absolute Gasteiger partial charge is 0.270 e. The van der Waals surface area contributed by atoms with Crippen molar-refractivity contribution < 1.29 is 9.72 Å². The van der Waals surface area contributed by atoms with Gasteiger partial charge in [-0.25, -0.2) is 5.43 Å². The van der Waals surface area contributed by atoms with E-state index in [4.69, 9.17) is 0 Å². The number of carbonyl (C=O) groups excluding carboxylic acids is 1. The molecule has 0 heterocycles. The number of non-ortho nitro benzene ring substituents is 1. The second-order valence-corrected chi connectivity index (χ2v) is 6.43. The van der Waals surface area contributed by atoms with Crippen molar-refractivity contribution in [3.05, 3.63) is 75.8 Å². The zero-order chi connectivity index (χ0) is 18.1. The molecule has 0 aliphatic rings. The summed E-state index contributed by atoms with van der Waals surface area (Å²) in [7, 11) is 0. The summed E-state index contributed by atoms with van der Waals surface area (Å²) >= 11 is 1.54. The highest BCUT2D eigenvalue weighted by Gasteiger charge is 2.08. The molecule has 130 valence electrons. The average molecular weight is 357 g/mol. The van der Waals surface area contributed by atoms with Gasteiger partial charge < -0.3 is 0 Å². The molecule has 2 rings (SSSR count). The Hall–Kier alpha value is -2.67. The Bertz CT molecular complexity index is 763. The molecule has 1 amide bonds. The van der Waals surface area contributed by atoms with Crippen molar-refractivity contribution in [1.29, 1.82) is 0 Å². The molecule has 0 radical (unpaired) electrons. The number of hydrazone groups is 1. The summed E-state index contributed by atoms with van der Waals surface area (Å²) in [6, 6.07) is 16.3. The van der Waals surface area contributed by atoms with Gasteiger partial charge in [0.15, 0.2) is 0 Å². The molecule has 0 aliphatic carbocycles. The highest BCUT2D eigenvalue weighted by molar-refractivity contribution is 7.99. The molecule has 2 aromatic carbocycles. The lowest BCUT2D eigenvalue weighted by Crippen LogP contribution is -2.21. The quantitative estimate of drug-likeness (QED) is 0.339. The number of hydrogen-bond donors (Lipinski definition) is 1. The van der Waals surface area contributed by atoms with E-state index in [1.54, 1.807) is 19.1 Å². The van der Waals surface area contributed by atoms with Crippen molar-refractivity contribution in [2.45, 2.75) is 13.3 Å². The van der Waals surface area contributed by atoms with Gasteiger partial charge in [0.25, 0.3) is 5.69 Å². The van der Waals surface area contributed by atoms with Crippen molar-refractivity contribution in [2.24, 2.45) is 5.10 Å². The third-order valence-electron chi connectivity index (χ3n) is 3.43. The van der Waals surface area contributed by atoms with Crippen LogP contribution in [0, 0.1) is 10.1 Å². The molecule has 0 fully saturated rings. The van der Waals surface area contributed by atoms with Crippen LogP contribution in [0.2, 0.25) is 0 Å². The molecule has 0 spiro atoms. The van der Waals surface area contributed by atoms with Crippen molar-refractivity contribution in [3.8, 4) is 0 Å². The maximum absolute atomic E-state index is 11.8. The van der Waals surface area contributed by atoms with E-state index in [-0.39, 0.29) is 11.6 Å². The van der Waals surface area contributed by atoms with Crippen LogP contribution in [-0.4, -0.2) is 28.0 Å². The van der Waals surface area contributed by atoms with E-state index >= 15 is 0 Å². The Morgan fingerprint density at radius 3 is 2.68 bits per heavy atom. The molecular formula is C18H19N3O3S. The number of rotatable bonds is 8. The lowest BCUT2D eigenvalue weighted by Gasteiger charge is -2.04. The highest BCUT2D eigenvalue weighted by atomic mass is 32.2. The highest BCUT2D eigenvalue weighted by Crippen LogP contribution is 2.13. The van der Waals surface area contributed by atoms with E-state index in [2.05, 4.69) is 22.7 Å². The third kappa shape index (κ3) is 6.39. The summed E-state index contributed by atoms with van der Waals surface area (Å²) in [5, 5.41) is 14.8. The maximum Gasteiger partial charge on any atom is 0.270 e.